The average Bonchev–Trinajstić information content (AvgIpc) is 1.59. The first-order valence-electron chi connectivity index (χ1n) is 2.33. The third-order valence-electron chi connectivity index (χ3n) is 0.348. The topological polar surface area (TPSA) is 315 Å². The van der Waals surface area contributed by atoms with Crippen molar-refractivity contribution in [3.05, 3.63) is 12.2 Å². The monoisotopic (exact) mass is 267 g/mol. The Balaban J connectivity index is -0.0000000155. The predicted molar refractivity (Wildman–Crippen MR) is 55.5 cm³/mol. The first-order valence-corrected chi connectivity index (χ1v) is 3.96. The standard InChI is InChI=1S/C4H6O2.5H3N.O4Si/c1-3(2)4(5)6;;;;;;1-5(2,3)4/h1H2,2H3,(H,5,6);5*1H3;/q;;;;;;-4/p+4. The van der Waals surface area contributed by atoms with Gasteiger partial charge in [0.15, 0.2) is 0 Å². The Morgan fingerprint density at radius 2 is 1.00 bits per heavy atom. The number of rotatable bonds is 1. The van der Waals surface area contributed by atoms with Gasteiger partial charge in [-0.25, -0.2) is 0 Å². The summed E-state index contributed by atoms with van der Waals surface area (Å²) in [5.74, 6) is -1.19. The molecule has 0 saturated heterocycles. The molecule has 106 valence electrons. The molecule has 0 radical (unpaired) electrons. The van der Waals surface area contributed by atoms with Crippen molar-refractivity contribution in [1.29, 1.82) is 0 Å². The Morgan fingerprint density at radius 3 is 1.00 bits per heavy atom. The number of hydrogen-bond acceptors (Lipinski definition) is 6. The van der Waals surface area contributed by atoms with Crippen LogP contribution in [0.4, 0.5) is 0 Å². The van der Waals surface area contributed by atoms with Gasteiger partial charge in [0.1, 0.15) is 0 Å². The normalized spacial score (nSPS) is 6.56. The van der Waals surface area contributed by atoms with Gasteiger partial charge in [-0.1, -0.05) is 6.58 Å². The minimum atomic E-state index is -5.61. The fraction of sp³-hybridized carbons (Fsp3) is 0.250. The minimum absolute atomic E-state index is 0. The molecule has 0 aliphatic carbocycles. The molecule has 0 spiro atoms. The zero-order valence-electron chi connectivity index (χ0n) is 10.7. The first-order chi connectivity index (χ1) is 4.64. The number of carbonyl (C=O) groups excluding carboxylic acids is 1. The number of quaternary nitrogens is 5. The molecule has 0 bridgehead atoms. The van der Waals surface area contributed by atoms with Crippen molar-refractivity contribution in [3.63, 3.8) is 0 Å². The second kappa shape index (κ2) is 19.6. The van der Waals surface area contributed by atoms with E-state index in [2.05, 4.69) is 6.58 Å². The van der Waals surface area contributed by atoms with Crippen molar-refractivity contribution in [1.82, 2.24) is 30.8 Å². The Kier molecular flexibility index (Phi) is 56.2. The summed E-state index contributed by atoms with van der Waals surface area (Å²) in [6.07, 6.45) is 0. The fourth-order valence-corrected chi connectivity index (χ4v) is 0. The van der Waals surface area contributed by atoms with Crippen molar-refractivity contribution >= 4 is 15.0 Å². The third kappa shape index (κ3) is 202. The fourth-order valence-electron chi connectivity index (χ4n) is 0. The van der Waals surface area contributed by atoms with E-state index in [0.29, 0.717) is 0 Å². The summed E-state index contributed by atoms with van der Waals surface area (Å²) in [6, 6.07) is 0. The Labute approximate surface area is 94.8 Å². The highest BCUT2D eigenvalue weighted by Gasteiger charge is 1.76. The molecule has 20 N–H and O–H groups in total. The molecule has 0 aromatic carbocycles. The average molecular weight is 267 g/mol. The first kappa shape index (κ1) is 45.8. The summed E-state index contributed by atoms with van der Waals surface area (Å²) < 4.78 is 0. The van der Waals surface area contributed by atoms with E-state index in [1.807, 2.05) is 0 Å². The molecule has 0 aromatic rings. The van der Waals surface area contributed by atoms with Gasteiger partial charge in [0, 0.05) is 0 Å². The van der Waals surface area contributed by atoms with E-state index in [4.69, 9.17) is 19.2 Å². The zero-order chi connectivity index (χ0) is 9.65. The predicted octanol–water partition coefficient (Wildman–Crippen LogP) is -3.94. The van der Waals surface area contributed by atoms with Crippen LogP contribution in [0.25, 0.3) is 0 Å². The van der Waals surface area contributed by atoms with Crippen LogP contribution >= 0.6 is 0 Å². The minimum Gasteiger partial charge on any atom is -0.894 e. The maximum Gasteiger partial charge on any atom is 0.0666 e. The number of aliphatic carboxylic acids is 1. The lowest BCUT2D eigenvalue weighted by Crippen LogP contribution is -2.82. The van der Waals surface area contributed by atoms with E-state index >= 15 is 0 Å². The van der Waals surface area contributed by atoms with Crippen molar-refractivity contribution < 1.29 is 29.1 Å². The van der Waals surface area contributed by atoms with Crippen molar-refractivity contribution in [3.8, 4) is 0 Å². The largest absolute Gasteiger partial charge is 0.894 e. The lowest BCUT2D eigenvalue weighted by atomic mass is 10.4. The molecule has 0 aromatic heterocycles. The van der Waals surface area contributed by atoms with Crippen LogP contribution < -0.4 is 55.0 Å². The van der Waals surface area contributed by atoms with Crippen molar-refractivity contribution in [2.45, 2.75) is 6.92 Å². The highest BCUT2D eigenvalue weighted by Crippen LogP contribution is 1.77. The Hall–Kier alpha value is -0.933. The molecule has 0 rings (SSSR count). The van der Waals surface area contributed by atoms with Crippen LogP contribution in [0.3, 0.4) is 0 Å². The van der Waals surface area contributed by atoms with Gasteiger partial charge in [-0.05, 0) is 12.5 Å². The maximum atomic E-state index is 9.49. The second-order valence-corrected chi connectivity index (χ2v) is 2.57. The summed E-state index contributed by atoms with van der Waals surface area (Å²) in [6.45, 7) is 4.48. The lowest BCUT2D eigenvalue weighted by molar-refractivity contribution is -0.624. The molecule has 0 unspecified atom stereocenters. The molecule has 0 fully saturated rings. The van der Waals surface area contributed by atoms with Crippen LogP contribution in [-0.2, 0) is 4.79 Å². The second-order valence-electron chi connectivity index (χ2n) is 1.57. The number of carboxylic acid groups (broad SMARTS) is 1. The molecule has 16 heavy (non-hydrogen) atoms. The SMILES string of the molecule is C=C(C)C(=O)[O-].[NH4+].[NH4+].[NH4+].[NH4+].[NH4+].[O-][Si]([O-])([O-])[O-]. The van der Waals surface area contributed by atoms with Crippen LogP contribution in [0.1, 0.15) is 6.92 Å². The molecule has 11 nitrogen and oxygen atoms in total. The summed E-state index contributed by atoms with van der Waals surface area (Å²) in [5.41, 5.74) is 0.0648. The smallest absolute Gasteiger partial charge is 0.0666 e. The zero-order valence-corrected chi connectivity index (χ0v) is 11.7. The van der Waals surface area contributed by atoms with Gasteiger partial charge in [-0.15, -0.1) is 0 Å². The highest BCUT2D eigenvalue weighted by atomic mass is 28.4. The van der Waals surface area contributed by atoms with Crippen LogP contribution in [0, 0.1) is 0 Å². The number of carbonyl (C=O) groups is 1. The van der Waals surface area contributed by atoms with Gasteiger partial charge in [0.2, 0.25) is 0 Å². The summed E-state index contributed by atoms with van der Waals surface area (Å²) >= 11 is 0. The summed E-state index contributed by atoms with van der Waals surface area (Å²) in [7, 11) is -5.61. The van der Waals surface area contributed by atoms with Gasteiger partial charge < -0.3 is 68.9 Å². The van der Waals surface area contributed by atoms with Gasteiger partial charge in [-0.2, -0.15) is 0 Å². The van der Waals surface area contributed by atoms with E-state index in [9.17, 15) is 9.90 Å². The molecule has 12 heteroatoms. The van der Waals surface area contributed by atoms with Gasteiger partial charge in [0.05, 0.1) is 5.97 Å². The molecular formula is C4H25N5O6Si. The molecule has 0 aliphatic rings. The summed E-state index contributed by atoms with van der Waals surface area (Å²) in [5, 5.41) is 9.49. The van der Waals surface area contributed by atoms with E-state index < -0.39 is 15.0 Å². The van der Waals surface area contributed by atoms with E-state index in [1.165, 1.54) is 6.92 Å². The van der Waals surface area contributed by atoms with E-state index in [0.717, 1.165) is 0 Å². The highest BCUT2D eigenvalue weighted by molar-refractivity contribution is 6.38. The number of carboxylic acids is 1. The Bertz CT molecular complexity index is 143. The van der Waals surface area contributed by atoms with Crippen molar-refractivity contribution in [2.24, 2.45) is 0 Å². The Morgan fingerprint density at radius 1 is 0.938 bits per heavy atom. The molecular weight excluding hydrogens is 242 g/mol. The van der Waals surface area contributed by atoms with Gasteiger partial charge in [0.25, 0.3) is 0 Å². The molecule has 0 heterocycles. The molecule has 0 aliphatic heterocycles. The third-order valence-corrected chi connectivity index (χ3v) is 0.348. The lowest BCUT2D eigenvalue weighted by Gasteiger charge is -2.67. The van der Waals surface area contributed by atoms with Crippen LogP contribution in [0.2, 0.25) is 0 Å². The van der Waals surface area contributed by atoms with Crippen molar-refractivity contribution in [2.75, 3.05) is 0 Å². The quantitative estimate of drug-likeness (QED) is 0.232. The summed E-state index contributed by atoms with van der Waals surface area (Å²) in [4.78, 5) is 43.8. The van der Waals surface area contributed by atoms with Crippen LogP contribution in [0.15, 0.2) is 12.2 Å². The maximum absolute atomic E-state index is 9.49. The molecule has 0 saturated carbocycles. The van der Waals surface area contributed by atoms with Gasteiger partial charge >= 0.3 is 0 Å². The van der Waals surface area contributed by atoms with Crippen LogP contribution in [0.5, 0.6) is 0 Å². The van der Waals surface area contributed by atoms with Gasteiger partial charge in [-0.3, -0.25) is 0 Å². The van der Waals surface area contributed by atoms with E-state index in [1.54, 1.807) is 0 Å². The number of hydrogen-bond donors (Lipinski definition) is 5. The van der Waals surface area contributed by atoms with Crippen LogP contribution in [-0.4, -0.2) is 15.0 Å². The molecule has 0 atom stereocenters. The molecule has 0 amide bonds. The van der Waals surface area contributed by atoms with E-state index in [-0.39, 0.29) is 36.3 Å².